The molecule has 1 rings (SSSR count). The zero-order valence-electron chi connectivity index (χ0n) is 9.43. The lowest BCUT2D eigenvalue weighted by Gasteiger charge is -2.20. The van der Waals surface area contributed by atoms with Crippen LogP contribution in [0.3, 0.4) is 0 Å². The summed E-state index contributed by atoms with van der Waals surface area (Å²) in [5.74, 6) is 0.299. The summed E-state index contributed by atoms with van der Waals surface area (Å²) < 4.78 is 11.5. The Morgan fingerprint density at radius 3 is 2.27 bits per heavy atom. The number of benzene rings is 1. The van der Waals surface area contributed by atoms with Crippen LogP contribution in [0.1, 0.15) is 32.4 Å². The molecule has 0 unspecified atom stereocenters. The predicted molar refractivity (Wildman–Crippen MR) is 64.2 cm³/mol. The van der Waals surface area contributed by atoms with Gasteiger partial charge in [-0.15, -0.1) is 0 Å². The Bertz CT molecular complexity index is 327. The topological polar surface area (TPSA) is 37.3 Å². The van der Waals surface area contributed by atoms with Crippen LogP contribution in [0.25, 0.3) is 0 Å². The average Bonchev–Trinajstić information content (AvgIpc) is 2.17. The van der Waals surface area contributed by atoms with E-state index in [9.17, 15) is 9.32 Å². The highest BCUT2D eigenvalue weighted by molar-refractivity contribution is 7.86. The van der Waals surface area contributed by atoms with Crippen LogP contribution in [0.4, 0.5) is 0 Å². The number of hydrogen-bond donors (Lipinski definition) is 1. The highest BCUT2D eigenvalue weighted by atomic mass is 32.2. The fourth-order valence-electron chi connectivity index (χ4n) is 1.16. The molecule has 0 radical (unpaired) electrons. The Morgan fingerprint density at radius 1 is 1.27 bits per heavy atom. The van der Waals surface area contributed by atoms with Gasteiger partial charge in [-0.25, -0.2) is 0 Å². The summed E-state index contributed by atoms with van der Waals surface area (Å²) in [7, 11) is -1.02. The van der Waals surface area contributed by atoms with Gasteiger partial charge in [-0.1, -0.05) is 30.3 Å². The third-order valence-electron chi connectivity index (χ3n) is 2.18. The van der Waals surface area contributed by atoms with Crippen molar-refractivity contribution in [1.29, 1.82) is 0 Å². The number of aliphatic hydroxyl groups excluding tert-OH is 1. The zero-order valence-corrected chi connectivity index (χ0v) is 10.3. The molecule has 0 bridgehead atoms. The molecule has 0 spiro atoms. The molecule has 1 N–H and O–H groups in total. The van der Waals surface area contributed by atoms with E-state index >= 15 is 0 Å². The van der Waals surface area contributed by atoms with Gasteiger partial charge in [0.2, 0.25) is 0 Å². The van der Waals surface area contributed by atoms with Crippen molar-refractivity contribution < 1.29 is 9.32 Å². The molecule has 0 saturated heterocycles. The van der Waals surface area contributed by atoms with Gasteiger partial charge in [-0.05, 0) is 26.3 Å². The van der Waals surface area contributed by atoms with E-state index in [1.807, 2.05) is 51.1 Å². The summed E-state index contributed by atoms with van der Waals surface area (Å²) in [6, 6.07) is 9.35. The molecule has 84 valence electrons. The van der Waals surface area contributed by atoms with Gasteiger partial charge in [0.25, 0.3) is 0 Å². The van der Waals surface area contributed by atoms with E-state index in [2.05, 4.69) is 0 Å². The van der Waals surface area contributed by atoms with Crippen LogP contribution in [0.5, 0.6) is 0 Å². The van der Waals surface area contributed by atoms with Crippen molar-refractivity contribution >= 4 is 10.8 Å². The smallest absolute Gasteiger partial charge is 0.0905 e. The number of rotatable bonds is 3. The van der Waals surface area contributed by atoms with E-state index in [4.69, 9.17) is 0 Å². The molecule has 0 aliphatic carbocycles. The summed E-state index contributed by atoms with van der Waals surface area (Å²) >= 11 is 0. The van der Waals surface area contributed by atoms with Crippen molar-refractivity contribution in [2.45, 2.75) is 31.6 Å². The minimum absolute atomic E-state index is 0.268. The fraction of sp³-hybridized carbons (Fsp3) is 0.500. The van der Waals surface area contributed by atoms with Gasteiger partial charge in [0.15, 0.2) is 0 Å². The molecule has 2 atom stereocenters. The second-order valence-corrected chi connectivity index (χ2v) is 6.80. The van der Waals surface area contributed by atoms with Crippen LogP contribution in [-0.2, 0) is 10.8 Å². The van der Waals surface area contributed by atoms with E-state index in [-0.39, 0.29) is 4.75 Å². The Hall–Kier alpha value is -0.670. The highest BCUT2D eigenvalue weighted by Crippen LogP contribution is 2.19. The molecule has 15 heavy (non-hydrogen) atoms. The minimum atomic E-state index is -1.02. The van der Waals surface area contributed by atoms with Crippen molar-refractivity contribution in [1.82, 2.24) is 0 Å². The Labute approximate surface area is 93.8 Å². The largest absolute Gasteiger partial charge is 0.387 e. The molecule has 2 nitrogen and oxygen atoms in total. The molecular weight excluding hydrogens is 208 g/mol. The standard InChI is InChI=1S/C12H18O2S/c1-12(2,3)15(14)9-11(13)10-7-5-4-6-8-10/h4-8,11,13H,9H2,1-3H3/t11-,15-/m0/s1. The molecule has 0 aliphatic heterocycles. The Kier molecular flexibility index (Phi) is 4.05. The fourth-order valence-corrected chi connectivity index (χ4v) is 2.14. The third kappa shape index (κ3) is 3.76. The van der Waals surface area contributed by atoms with Gasteiger partial charge in [0.05, 0.1) is 11.9 Å². The van der Waals surface area contributed by atoms with Crippen molar-refractivity contribution in [2.75, 3.05) is 5.75 Å². The predicted octanol–water partition coefficient (Wildman–Crippen LogP) is 2.27. The van der Waals surface area contributed by atoms with Crippen molar-refractivity contribution in [2.24, 2.45) is 0 Å². The van der Waals surface area contributed by atoms with Gasteiger partial charge in [-0.2, -0.15) is 0 Å². The molecule has 3 heteroatoms. The van der Waals surface area contributed by atoms with Gasteiger partial charge >= 0.3 is 0 Å². The number of aliphatic hydroxyl groups is 1. The van der Waals surface area contributed by atoms with Crippen molar-refractivity contribution in [3.8, 4) is 0 Å². The number of hydrogen-bond acceptors (Lipinski definition) is 2. The first kappa shape index (κ1) is 12.4. The van der Waals surface area contributed by atoms with Crippen LogP contribution in [0.2, 0.25) is 0 Å². The van der Waals surface area contributed by atoms with Crippen LogP contribution in [0.15, 0.2) is 30.3 Å². The summed E-state index contributed by atoms with van der Waals surface area (Å²) in [4.78, 5) is 0. The van der Waals surface area contributed by atoms with Crippen LogP contribution in [-0.4, -0.2) is 19.8 Å². The minimum Gasteiger partial charge on any atom is -0.387 e. The SMILES string of the molecule is CC(C)(C)[S@@](=O)C[C@H](O)c1ccccc1. The molecule has 1 aromatic carbocycles. The quantitative estimate of drug-likeness (QED) is 0.858. The van der Waals surface area contributed by atoms with Crippen LogP contribution >= 0.6 is 0 Å². The molecule has 0 saturated carbocycles. The second kappa shape index (κ2) is 4.90. The summed E-state index contributed by atoms with van der Waals surface area (Å²) in [5, 5.41) is 9.86. The maximum absolute atomic E-state index is 11.8. The summed E-state index contributed by atoms with van der Waals surface area (Å²) in [6.45, 7) is 5.75. The van der Waals surface area contributed by atoms with Crippen molar-refractivity contribution in [3.63, 3.8) is 0 Å². The first-order valence-corrected chi connectivity index (χ1v) is 6.34. The lowest BCUT2D eigenvalue weighted by molar-refractivity contribution is 0.202. The summed E-state index contributed by atoms with van der Waals surface area (Å²) in [6.07, 6.45) is -0.633. The van der Waals surface area contributed by atoms with Gasteiger partial charge < -0.3 is 5.11 Å². The lowest BCUT2D eigenvalue weighted by atomic mass is 10.1. The summed E-state index contributed by atoms with van der Waals surface area (Å²) in [5.41, 5.74) is 0.829. The molecule has 0 aromatic heterocycles. The maximum Gasteiger partial charge on any atom is 0.0905 e. The van der Waals surface area contributed by atoms with Crippen LogP contribution < -0.4 is 0 Å². The van der Waals surface area contributed by atoms with Gasteiger partial charge in [0.1, 0.15) is 0 Å². The monoisotopic (exact) mass is 226 g/mol. The maximum atomic E-state index is 11.8. The van der Waals surface area contributed by atoms with Gasteiger partial charge in [-0.3, -0.25) is 4.21 Å². The Balaban J connectivity index is 2.65. The second-order valence-electron chi connectivity index (χ2n) is 4.55. The van der Waals surface area contributed by atoms with Crippen LogP contribution in [0, 0.1) is 0 Å². The Morgan fingerprint density at radius 2 is 1.80 bits per heavy atom. The molecule has 0 aliphatic rings. The first-order valence-electron chi connectivity index (χ1n) is 5.03. The normalized spacial score (nSPS) is 16.0. The van der Waals surface area contributed by atoms with Gasteiger partial charge in [0, 0.05) is 15.5 Å². The van der Waals surface area contributed by atoms with E-state index in [0.717, 1.165) is 5.56 Å². The van der Waals surface area contributed by atoms with Crippen molar-refractivity contribution in [3.05, 3.63) is 35.9 Å². The van der Waals surface area contributed by atoms with E-state index in [0.29, 0.717) is 5.75 Å². The van der Waals surface area contributed by atoms with E-state index in [1.165, 1.54) is 0 Å². The molecule has 1 aromatic rings. The van der Waals surface area contributed by atoms with E-state index in [1.54, 1.807) is 0 Å². The van der Waals surface area contributed by atoms with E-state index < -0.39 is 16.9 Å². The third-order valence-corrected chi connectivity index (χ3v) is 4.16. The first-order chi connectivity index (χ1) is 6.91. The molecule has 0 heterocycles. The zero-order chi connectivity index (χ0) is 11.5. The molecule has 0 amide bonds. The highest BCUT2D eigenvalue weighted by Gasteiger charge is 2.22. The molecule has 0 fully saturated rings. The lowest BCUT2D eigenvalue weighted by Crippen LogP contribution is -2.26. The molecular formula is C12H18O2S. The average molecular weight is 226 g/mol.